The molecule has 2 aromatic carbocycles. The van der Waals surface area contributed by atoms with E-state index in [0.29, 0.717) is 58.4 Å². The van der Waals surface area contributed by atoms with E-state index in [1.807, 2.05) is 80.6 Å². The van der Waals surface area contributed by atoms with E-state index in [0.717, 1.165) is 57.9 Å². The van der Waals surface area contributed by atoms with Crippen molar-refractivity contribution in [2.45, 2.75) is 76.3 Å². The monoisotopic (exact) mass is 834 g/mol. The minimum absolute atomic E-state index is 0.241. The van der Waals surface area contributed by atoms with Crippen molar-refractivity contribution < 1.29 is 20.4 Å². The van der Waals surface area contributed by atoms with E-state index < -0.39 is 35.2 Å². The molecule has 2 aliphatic rings. The second-order valence-electron chi connectivity index (χ2n) is 17.3. The number of aromatic nitrogens is 8. The molecule has 16 nitrogen and oxygen atoms in total. The molecule has 62 heavy (non-hydrogen) atoms. The fourth-order valence-corrected chi connectivity index (χ4v) is 9.34. The number of aliphatic hydroxyl groups excluding tert-OH is 4. The van der Waals surface area contributed by atoms with Gasteiger partial charge in [0.2, 0.25) is 0 Å². The van der Waals surface area contributed by atoms with Gasteiger partial charge in [-0.05, 0) is 109 Å². The van der Waals surface area contributed by atoms with Gasteiger partial charge >= 0.3 is 0 Å². The molecule has 0 aliphatic heterocycles. The number of aryl methyl sites for hydroxylation is 2. The third-order valence-electron chi connectivity index (χ3n) is 13.1. The lowest BCUT2D eigenvalue weighted by molar-refractivity contribution is -0.0204. The van der Waals surface area contributed by atoms with Crippen LogP contribution in [0.2, 0.25) is 0 Å². The number of hydrogen-bond donors (Lipinski definition) is 8. The van der Waals surface area contributed by atoms with Gasteiger partial charge in [-0.15, -0.1) is 0 Å². The third kappa shape index (κ3) is 7.30. The first-order valence-electron chi connectivity index (χ1n) is 20.6. The maximum atomic E-state index is 11.0. The quantitative estimate of drug-likeness (QED) is 0.105. The van der Waals surface area contributed by atoms with Gasteiger partial charge in [0.1, 0.15) is 41.4 Å². The predicted octanol–water partition coefficient (Wildman–Crippen LogP) is 4.49. The summed E-state index contributed by atoms with van der Waals surface area (Å²) in [6.07, 6.45) is 4.60. The largest absolute Gasteiger partial charge is 0.390 e. The van der Waals surface area contributed by atoms with Crippen LogP contribution in [0.15, 0.2) is 104 Å². The normalized spacial score (nSPS) is 24.8. The first-order valence-corrected chi connectivity index (χ1v) is 20.6. The fourth-order valence-electron chi connectivity index (χ4n) is 9.34. The summed E-state index contributed by atoms with van der Waals surface area (Å²) in [7, 11) is 0. The molecule has 0 amide bonds. The van der Waals surface area contributed by atoms with Crippen molar-refractivity contribution in [1.29, 1.82) is 0 Å². The smallest absolute Gasteiger partial charge is 0.151 e. The number of nitrogens with zero attached hydrogens (tertiary/aromatic N) is 8. The third-order valence-corrected chi connectivity index (χ3v) is 13.1. The number of aliphatic hydroxyl groups is 4. The van der Waals surface area contributed by atoms with E-state index in [1.165, 1.54) is 12.7 Å². The Morgan fingerprint density at radius 2 is 1.19 bits per heavy atom. The maximum absolute atomic E-state index is 11.0. The Balaban J connectivity index is 0.000000158. The number of benzene rings is 2. The van der Waals surface area contributed by atoms with Crippen LogP contribution in [0.3, 0.4) is 0 Å². The van der Waals surface area contributed by atoms with Gasteiger partial charge < -0.3 is 43.4 Å². The Bertz CT molecular complexity index is 3000. The number of rotatable bonds is 8. The van der Waals surface area contributed by atoms with Crippen molar-refractivity contribution in [3.8, 4) is 0 Å². The van der Waals surface area contributed by atoms with E-state index in [1.54, 1.807) is 21.2 Å². The highest BCUT2D eigenvalue weighted by molar-refractivity contribution is 5.82. The Kier molecular flexibility index (Phi) is 10.3. The molecule has 1 fully saturated rings. The zero-order chi connectivity index (χ0) is 43.5. The molecular weight excluding hydrogens is 785 g/mol. The molecule has 0 spiro atoms. The number of anilines is 4. The minimum atomic E-state index is -1.02. The lowest BCUT2D eigenvalue weighted by Gasteiger charge is -2.28. The lowest BCUT2D eigenvalue weighted by atomic mass is 9.80. The molecule has 1 saturated carbocycles. The highest BCUT2D eigenvalue weighted by Crippen LogP contribution is 2.50. The lowest BCUT2D eigenvalue weighted by Crippen LogP contribution is -2.35. The summed E-state index contributed by atoms with van der Waals surface area (Å²) >= 11 is 0. The number of pyridine rings is 2. The van der Waals surface area contributed by atoms with Crippen molar-refractivity contribution in [1.82, 2.24) is 39.2 Å². The zero-order valence-corrected chi connectivity index (χ0v) is 34.4. The van der Waals surface area contributed by atoms with Crippen LogP contribution in [0, 0.1) is 10.8 Å². The van der Waals surface area contributed by atoms with E-state index >= 15 is 0 Å². The highest BCUT2D eigenvalue weighted by atomic mass is 16.3. The van der Waals surface area contributed by atoms with Gasteiger partial charge in [0.15, 0.2) is 11.6 Å². The van der Waals surface area contributed by atoms with Crippen LogP contribution < -0.4 is 22.9 Å². The van der Waals surface area contributed by atoms with Gasteiger partial charge in [0.25, 0.3) is 0 Å². The number of nitrogen functional groups attached to an aromatic ring is 4. The standard InChI is InChI=1S/C23H26N6O2.C23H24N6O2/c2*1-23(9-8-13-2-3-14-4-7-19(24)28-16(14)10-13)11-15(20(30)21(23)31)17-5-6-18-22(25)26-12-27-29(17)18/h2-7,10,12,15,20-21,30-31H,8-9,11H2,1H3,(H2,24,28)(H2,25,26,27);2-7,10-12,20-21,30-31H,8-9H2,1H3,(H2,24,28)(H2,25,26,27)/t15-,20-,21-,23-;20-,21-,23-/m00/s1. The summed E-state index contributed by atoms with van der Waals surface area (Å²) in [5, 5.41) is 54.2. The fraction of sp³-hybridized carbons (Fsp3) is 0.304. The molecular formula is C46H50N12O4. The van der Waals surface area contributed by atoms with Crippen LogP contribution in [0.5, 0.6) is 0 Å². The number of hydrogen-bond acceptors (Lipinski definition) is 14. The molecule has 2 aliphatic carbocycles. The number of fused-ring (bicyclic) bond motifs is 4. The van der Waals surface area contributed by atoms with Gasteiger partial charge in [-0.1, -0.05) is 44.2 Å². The van der Waals surface area contributed by atoms with Crippen molar-refractivity contribution in [3.05, 3.63) is 126 Å². The Hall–Kier alpha value is -6.72. The van der Waals surface area contributed by atoms with E-state index in [2.05, 4.69) is 42.3 Å². The molecule has 6 aromatic heterocycles. The Labute approximate surface area is 356 Å². The van der Waals surface area contributed by atoms with Crippen molar-refractivity contribution in [2.75, 3.05) is 22.9 Å². The average Bonchev–Trinajstić information content (AvgIpc) is 4.01. The van der Waals surface area contributed by atoms with Gasteiger partial charge in [0, 0.05) is 33.4 Å². The molecule has 10 rings (SSSR count). The average molecular weight is 835 g/mol. The molecule has 0 radical (unpaired) electrons. The van der Waals surface area contributed by atoms with Crippen LogP contribution in [0.1, 0.15) is 61.5 Å². The molecule has 12 N–H and O–H groups in total. The summed E-state index contributed by atoms with van der Waals surface area (Å²) in [5.41, 5.74) is 30.0. The van der Waals surface area contributed by atoms with Crippen LogP contribution in [0.4, 0.5) is 23.3 Å². The summed E-state index contributed by atoms with van der Waals surface area (Å²) < 4.78 is 3.36. The van der Waals surface area contributed by atoms with Crippen LogP contribution in [-0.4, -0.2) is 84.0 Å². The SMILES string of the molecule is C[C@]1(CCc2ccc3ccc(N)nc3c2)C=C(c2ccc3c(N)ncnn23)[C@H](O)[C@@H]1O.C[C@]1(CCc2ccc3ccc(N)nc3c2)C[C@@H](c2ccc3c(N)ncnn23)[C@H](O)[C@@H]1O. The molecule has 6 heterocycles. The zero-order valence-electron chi connectivity index (χ0n) is 34.4. The Morgan fingerprint density at radius 1 is 0.645 bits per heavy atom. The highest BCUT2D eigenvalue weighted by Gasteiger charge is 2.50. The maximum Gasteiger partial charge on any atom is 0.151 e. The second-order valence-corrected chi connectivity index (χ2v) is 17.3. The first-order chi connectivity index (χ1) is 29.7. The van der Waals surface area contributed by atoms with Gasteiger partial charge in [0.05, 0.1) is 35.0 Å². The van der Waals surface area contributed by atoms with E-state index in [4.69, 9.17) is 22.9 Å². The molecule has 318 valence electrons. The predicted molar refractivity (Wildman–Crippen MR) is 239 cm³/mol. The summed E-state index contributed by atoms with van der Waals surface area (Å²) in [4.78, 5) is 16.8. The van der Waals surface area contributed by atoms with Gasteiger partial charge in [-0.2, -0.15) is 10.2 Å². The second kappa shape index (κ2) is 15.6. The van der Waals surface area contributed by atoms with Crippen LogP contribution in [0.25, 0.3) is 38.4 Å². The molecule has 0 bridgehead atoms. The van der Waals surface area contributed by atoms with Crippen LogP contribution >= 0.6 is 0 Å². The summed E-state index contributed by atoms with van der Waals surface area (Å²) in [6.45, 7) is 4.00. The van der Waals surface area contributed by atoms with Crippen LogP contribution in [-0.2, 0) is 12.8 Å². The van der Waals surface area contributed by atoms with Crippen molar-refractivity contribution in [2.24, 2.45) is 10.8 Å². The van der Waals surface area contributed by atoms with Crippen molar-refractivity contribution in [3.63, 3.8) is 0 Å². The van der Waals surface area contributed by atoms with E-state index in [9.17, 15) is 20.4 Å². The van der Waals surface area contributed by atoms with Crippen molar-refractivity contribution >= 4 is 61.7 Å². The Morgan fingerprint density at radius 3 is 1.82 bits per heavy atom. The van der Waals surface area contributed by atoms with Gasteiger partial charge in [-0.25, -0.2) is 29.0 Å². The van der Waals surface area contributed by atoms with E-state index in [-0.39, 0.29) is 5.92 Å². The molecule has 0 saturated heterocycles. The summed E-state index contributed by atoms with van der Waals surface area (Å²) in [6, 6.07) is 27.2. The first kappa shape index (κ1) is 40.7. The molecule has 16 heteroatoms. The number of nitrogens with two attached hydrogens (primary N) is 4. The topological polar surface area (TPSA) is 271 Å². The van der Waals surface area contributed by atoms with Gasteiger partial charge in [-0.3, -0.25) is 0 Å². The molecule has 8 aromatic rings. The minimum Gasteiger partial charge on any atom is -0.390 e. The molecule has 0 unspecified atom stereocenters. The summed E-state index contributed by atoms with van der Waals surface area (Å²) in [5.74, 6) is 1.50. The molecule has 7 atom stereocenters.